The predicted molar refractivity (Wildman–Crippen MR) is 62.7 cm³/mol. The van der Waals surface area contributed by atoms with Gasteiger partial charge in [0, 0.05) is 18.6 Å². The van der Waals surface area contributed by atoms with Crippen LogP contribution in [0.4, 0.5) is 13.2 Å². The summed E-state index contributed by atoms with van der Waals surface area (Å²) in [7, 11) is -3.84. The molecule has 0 aromatic rings. The summed E-state index contributed by atoms with van der Waals surface area (Å²) in [5.74, 6) is -0.294. The van der Waals surface area contributed by atoms with Crippen molar-refractivity contribution in [2.75, 3.05) is 18.8 Å². The van der Waals surface area contributed by atoms with Crippen LogP contribution < -0.4 is 5.32 Å². The van der Waals surface area contributed by atoms with E-state index in [-0.39, 0.29) is 18.3 Å². The van der Waals surface area contributed by atoms with Crippen LogP contribution in [0.25, 0.3) is 0 Å². The minimum atomic E-state index is -4.48. The van der Waals surface area contributed by atoms with Gasteiger partial charge in [0.1, 0.15) is 6.54 Å². The average molecular weight is 288 g/mol. The van der Waals surface area contributed by atoms with Gasteiger partial charge < -0.3 is 5.32 Å². The Kier molecular flexibility index (Phi) is 5.02. The average Bonchev–Trinajstić information content (AvgIpc) is 2.94. The van der Waals surface area contributed by atoms with Crippen molar-refractivity contribution >= 4 is 10.0 Å². The van der Waals surface area contributed by atoms with E-state index in [0.717, 1.165) is 0 Å². The largest absolute Gasteiger partial charge is 0.402 e. The predicted octanol–water partition coefficient (Wildman–Crippen LogP) is 1.34. The van der Waals surface area contributed by atoms with Crippen molar-refractivity contribution in [3.63, 3.8) is 0 Å². The second kappa shape index (κ2) is 5.75. The lowest BCUT2D eigenvalue weighted by Gasteiger charge is -2.23. The molecule has 1 saturated carbocycles. The highest BCUT2D eigenvalue weighted by Crippen LogP contribution is 2.32. The van der Waals surface area contributed by atoms with Crippen molar-refractivity contribution in [2.24, 2.45) is 0 Å². The van der Waals surface area contributed by atoms with Gasteiger partial charge in [-0.15, -0.1) is 0 Å². The van der Waals surface area contributed by atoms with Crippen molar-refractivity contribution in [1.82, 2.24) is 9.62 Å². The number of nitrogens with one attached hydrogen (secondary N) is 1. The first-order valence-electron chi connectivity index (χ1n) is 5.91. The molecule has 0 saturated heterocycles. The number of alkyl halides is 3. The maximum absolute atomic E-state index is 12.4. The first-order chi connectivity index (χ1) is 8.12. The first kappa shape index (κ1) is 15.7. The Balaban J connectivity index is 2.60. The van der Waals surface area contributed by atoms with Crippen molar-refractivity contribution in [3.05, 3.63) is 0 Å². The Hall–Kier alpha value is -0.340. The van der Waals surface area contributed by atoms with E-state index in [9.17, 15) is 21.6 Å². The SMILES string of the molecule is CC(C)NCCS(=O)(=O)N(CC(F)(F)F)C1CC1. The van der Waals surface area contributed by atoms with Gasteiger partial charge in [0.2, 0.25) is 10.0 Å². The minimum absolute atomic E-state index is 0.109. The fourth-order valence-corrected chi connectivity index (χ4v) is 3.21. The second-order valence-electron chi connectivity index (χ2n) is 4.82. The lowest BCUT2D eigenvalue weighted by atomic mass is 10.4. The molecule has 0 aliphatic heterocycles. The molecule has 4 nitrogen and oxygen atoms in total. The van der Waals surface area contributed by atoms with Crippen LogP contribution in [0.1, 0.15) is 26.7 Å². The maximum atomic E-state index is 12.4. The molecule has 1 aliphatic rings. The molecule has 0 atom stereocenters. The molecule has 0 amide bonds. The fourth-order valence-electron chi connectivity index (χ4n) is 1.59. The van der Waals surface area contributed by atoms with E-state index < -0.39 is 28.8 Å². The van der Waals surface area contributed by atoms with Crippen LogP contribution in [0.5, 0.6) is 0 Å². The second-order valence-corrected chi connectivity index (χ2v) is 6.86. The lowest BCUT2D eigenvalue weighted by molar-refractivity contribution is -0.136. The summed E-state index contributed by atoms with van der Waals surface area (Å²) in [5.41, 5.74) is 0. The van der Waals surface area contributed by atoms with Crippen LogP contribution in [0.15, 0.2) is 0 Å². The molecule has 108 valence electrons. The monoisotopic (exact) mass is 288 g/mol. The highest BCUT2D eigenvalue weighted by Gasteiger charge is 2.43. The summed E-state index contributed by atoms with van der Waals surface area (Å²) in [6.45, 7) is 2.49. The summed E-state index contributed by atoms with van der Waals surface area (Å²) < 4.78 is 61.4. The highest BCUT2D eigenvalue weighted by molar-refractivity contribution is 7.89. The first-order valence-corrected chi connectivity index (χ1v) is 7.52. The van der Waals surface area contributed by atoms with Gasteiger partial charge in [0.15, 0.2) is 0 Å². The quantitative estimate of drug-likeness (QED) is 0.769. The van der Waals surface area contributed by atoms with Crippen LogP contribution in [-0.2, 0) is 10.0 Å². The van der Waals surface area contributed by atoms with Crippen LogP contribution in [0, 0.1) is 0 Å². The van der Waals surface area contributed by atoms with Gasteiger partial charge in [0.05, 0.1) is 5.75 Å². The summed E-state index contributed by atoms with van der Waals surface area (Å²) in [6, 6.07) is -0.354. The van der Waals surface area contributed by atoms with Gasteiger partial charge in [-0.3, -0.25) is 0 Å². The molecular weight excluding hydrogens is 269 g/mol. The zero-order valence-corrected chi connectivity index (χ0v) is 11.3. The van der Waals surface area contributed by atoms with Crippen molar-refractivity contribution in [3.8, 4) is 0 Å². The van der Waals surface area contributed by atoms with Crippen LogP contribution in [-0.4, -0.2) is 49.8 Å². The smallest absolute Gasteiger partial charge is 0.313 e. The molecular formula is C10H19F3N2O2S. The molecule has 1 fully saturated rings. The number of nitrogens with zero attached hydrogens (tertiary/aromatic N) is 1. The lowest BCUT2D eigenvalue weighted by Crippen LogP contribution is -2.43. The van der Waals surface area contributed by atoms with Gasteiger partial charge in [-0.25, -0.2) is 8.42 Å². The molecule has 0 bridgehead atoms. The molecule has 0 aromatic carbocycles. The fraction of sp³-hybridized carbons (Fsp3) is 1.00. The van der Waals surface area contributed by atoms with Gasteiger partial charge in [0.25, 0.3) is 0 Å². The highest BCUT2D eigenvalue weighted by atomic mass is 32.2. The van der Waals surface area contributed by atoms with Crippen LogP contribution in [0.3, 0.4) is 0 Å². The summed E-state index contributed by atoms with van der Waals surface area (Å²) in [4.78, 5) is 0. The standard InChI is InChI=1S/C10H19F3N2O2S/c1-8(2)14-5-6-18(16,17)15(9-3-4-9)7-10(11,12)13/h8-9,14H,3-7H2,1-2H3. The molecule has 1 aliphatic carbocycles. The van der Waals surface area contributed by atoms with Gasteiger partial charge in [-0.05, 0) is 12.8 Å². The van der Waals surface area contributed by atoms with Crippen LogP contribution >= 0.6 is 0 Å². The van der Waals surface area contributed by atoms with E-state index >= 15 is 0 Å². The Labute approximate surface area is 106 Å². The third-order valence-electron chi connectivity index (χ3n) is 2.56. The number of hydrogen-bond acceptors (Lipinski definition) is 3. The Bertz CT molecular complexity index is 364. The minimum Gasteiger partial charge on any atom is -0.313 e. The topological polar surface area (TPSA) is 49.4 Å². The van der Waals surface area contributed by atoms with Crippen molar-refractivity contribution < 1.29 is 21.6 Å². The third kappa shape index (κ3) is 5.53. The van der Waals surface area contributed by atoms with Crippen molar-refractivity contribution in [1.29, 1.82) is 0 Å². The van der Waals surface area contributed by atoms with Gasteiger partial charge in [-0.2, -0.15) is 17.5 Å². The molecule has 0 aromatic heterocycles. The normalized spacial score (nSPS) is 17.7. The van der Waals surface area contributed by atoms with E-state index in [2.05, 4.69) is 5.32 Å². The Morgan fingerprint density at radius 3 is 2.28 bits per heavy atom. The zero-order valence-electron chi connectivity index (χ0n) is 10.5. The number of halogens is 3. The third-order valence-corrected chi connectivity index (χ3v) is 4.42. The number of hydrogen-bond donors (Lipinski definition) is 1. The van der Waals surface area contributed by atoms with E-state index in [1.165, 1.54) is 0 Å². The zero-order chi connectivity index (χ0) is 14.0. The van der Waals surface area contributed by atoms with E-state index in [1.54, 1.807) is 0 Å². The van der Waals surface area contributed by atoms with Crippen LogP contribution in [0.2, 0.25) is 0 Å². The molecule has 18 heavy (non-hydrogen) atoms. The van der Waals surface area contributed by atoms with E-state index in [0.29, 0.717) is 17.1 Å². The maximum Gasteiger partial charge on any atom is 0.402 e. The summed E-state index contributed by atoms with van der Waals surface area (Å²) in [5, 5.41) is 2.89. The summed E-state index contributed by atoms with van der Waals surface area (Å²) in [6.07, 6.45) is -3.44. The van der Waals surface area contributed by atoms with Crippen molar-refractivity contribution in [2.45, 2.75) is 44.9 Å². The Morgan fingerprint density at radius 2 is 1.89 bits per heavy atom. The molecule has 0 unspecified atom stereocenters. The Morgan fingerprint density at radius 1 is 1.33 bits per heavy atom. The number of rotatable bonds is 7. The number of sulfonamides is 1. The van der Waals surface area contributed by atoms with Gasteiger partial charge in [-0.1, -0.05) is 13.8 Å². The van der Waals surface area contributed by atoms with E-state index in [4.69, 9.17) is 0 Å². The molecule has 0 heterocycles. The van der Waals surface area contributed by atoms with Gasteiger partial charge >= 0.3 is 6.18 Å². The molecule has 1 rings (SSSR count). The summed E-state index contributed by atoms with van der Waals surface area (Å²) >= 11 is 0. The van der Waals surface area contributed by atoms with E-state index in [1.807, 2.05) is 13.8 Å². The molecule has 0 spiro atoms. The molecule has 1 N–H and O–H groups in total. The molecule has 0 radical (unpaired) electrons. The molecule has 8 heteroatoms.